The molecule has 1 heterocycles. The number of amides is 1. The predicted octanol–water partition coefficient (Wildman–Crippen LogP) is 1.52. The average Bonchev–Trinajstić information content (AvgIpc) is 2.53. The topological polar surface area (TPSA) is 88.2 Å². The van der Waals surface area contributed by atoms with Crippen molar-refractivity contribution in [3.63, 3.8) is 0 Å². The van der Waals surface area contributed by atoms with Gasteiger partial charge < -0.3 is 5.32 Å². The van der Waals surface area contributed by atoms with E-state index in [1.807, 2.05) is 6.07 Å². The molecule has 8 heteroatoms. The summed E-state index contributed by atoms with van der Waals surface area (Å²) < 4.78 is 38.5. The largest absolute Gasteiger partial charge is 0.352 e. The summed E-state index contributed by atoms with van der Waals surface area (Å²) in [4.78, 5) is 16.1. The molecule has 24 heavy (non-hydrogen) atoms. The second-order valence-corrected chi connectivity index (χ2v) is 7.12. The fourth-order valence-electron chi connectivity index (χ4n) is 2.14. The summed E-state index contributed by atoms with van der Waals surface area (Å²) in [7, 11) is -3.53. The Hall–Kier alpha value is -2.32. The minimum Gasteiger partial charge on any atom is -0.352 e. The van der Waals surface area contributed by atoms with Gasteiger partial charge in [-0.15, -0.1) is 0 Å². The smallest absolute Gasteiger partial charge is 0.222 e. The highest BCUT2D eigenvalue weighted by molar-refractivity contribution is 7.88. The molecule has 0 aliphatic heterocycles. The maximum absolute atomic E-state index is 13.0. The van der Waals surface area contributed by atoms with Crippen LogP contribution in [0, 0.1) is 5.82 Å². The van der Waals surface area contributed by atoms with E-state index in [2.05, 4.69) is 15.0 Å². The number of hydrogen-bond acceptors (Lipinski definition) is 4. The summed E-state index contributed by atoms with van der Waals surface area (Å²) in [6, 6.07) is 8.15. The Bertz CT molecular complexity index is 780. The maximum Gasteiger partial charge on any atom is 0.222 e. The van der Waals surface area contributed by atoms with Crippen molar-refractivity contribution in [2.75, 3.05) is 6.26 Å². The van der Waals surface area contributed by atoms with Gasteiger partial charge in [0.15, 0.2) is 0 Å². The van der Waals surface area contributed by atoms with Crippen LogP contribution in [0.3, 0.4) is 0 Å². The van der Waals surface area contributed by atoms with Crippen LogP contribution >= 0.6 is 0 Å². The number of rotatable bonds is 7. The van der Waals surface area contributed by atoms with Crippen LogP contribution < -0.4 is 10.0 Å². The lowest BCUT2D eigenvalue weighted by atomic mass is 10.0. The molecule has 0 radical (unpaired) electrons. The van der Waals surface area contributed by atoms with E-state index in [1.54, 1.807) is 18.5 Å². The summed E-state index contributed by atoms with van der Waals surface area (Å²) in [6.45, 7) is 0.293. The number of carbonyl (C=O) groups excluding carboxylic acids is 1. The third-order valence-electron chi connectivity index (χ3n) is 3.23. The Morgan fingerprint density at radius 1 is 1.25 bits per heavy atom. The Balaban J connectivity index is 2.04. The predicted molar refractivity (Wildman–Crippen MR) is 87.8 cm³/mol. The molecule has 2 N–H and O–H groups in total. The number of sulfonamides is 1. The lowest BCUT2D eigenvalue weighted by molar-refractivity contribution is -0.121. The lowest BCUT2D eigenvalue weighted by Gasteiger charge is -2.18. The van der Waals surface area contributed by atoms with Crippen LogP contribution in [0.2, 0.25) is 0 Å². The summed E-state index contributed by atoms with van der Waals surface area (Å²) in [5.74, 6) is -0.762. The van der Waals surface area contributed by atoms with E-state index >= 15 is 0 Å². The number of hydrogen-bond donors (Lipinski definition) is 2. The van der Waals surface area contributed by atoms with E-state index < -0.39 is 21.9 Å². The first-order valence-corrected chi connectivity index (χ1v) is 9.11. The van der Waals surface area contributed by atoms with Gasteiger partial charge in [0.1, 0.15) is 5.82 Å². The van der Waals surface area contributed by atoms with Crippen molar-refractivity contribution in [2.24, 2.45) is 0 Å². The summed E-state index contributed by atoms with van der Waals surface area (Å²) in [5.41, 5.74) is 1.35. The van der Waals surface area contributed by atoms with E-state index in [0.29, 0.717) is 12.1 Å². The summed E-state index contributed by atoms with van der Waals surface area (Å²) >= 11 is 0. The van der Waals surface area contributed by atoms with E-state index in [4.69, 9.17) is 0 Å². The van der Waals surface area contributed by atoms with Gasteiger partial charge in [-0.05, 0) is 29.3 Å². The van der Waals surface area contributed by atoms with Gasteiger partial charge in [0.05, 0.1) is 12.3 Å². The van der Waals surface area contributed by atoms with E-state index in [-0.39, 0.29) is 12.3 Å². The molecule has 0 bridgehead atoms. The van der Waals surface area contributed by atoms with Crippen molar-refractivity contribution in [2.45, 2.75) is 19.0 Å². The Kier molecular flexibility index (Phi) is 5.99. The fourth-order valence-corrected chi connectivity index (χ4v) is 2.88. The van der Waals surface area contributed by atoms with Gasteiger partial charge in [-0.25, -0.2) is 17.5 Å². The first-order valence-electron chi connectivity index (χ1n) is 7.22. The standard InChI is InChI=1S/C16H18FN3O3S/c1-24(22,23)20-15(13-4-6-14(17)7-5-13)9-16(21)19-11-12-3-2-8-18-10-12/h2-8,10,15,20H,9,11H2,1H3,(H,19,21). The molecular formula is C16H18FN3O3S. The van der Waals surface area contributed by atoms with Crippen LogP contribution in [0.5, 0.6) is 0 Å². The zero-order valence-corrected chi connectivity index (χ0v) is 13.9. The van der Waals surface area contributed by atoms with Crippen LogP contribution in [-0.2, 0) is 21.4 Å². The molecule has 1 atom stereocenters. The zero-order valence-electron chi connectivity index (χ0n) is 13.1. The van der Waals surface area contributed by atoms with Crippen LogP contribution in [0.1, 0.15) is 23.6 Å². The van der Waals surface area contributed by atoms with Gasteiger partial charge in [-0.1, -0.05) is 18.2 Å². The number of nitrogens with zero attached hydrogens (tertiary/aromatic N) is 1. The number of nitrogens with one attached hydrogen (secondary N) is 2. The van der Waals surface area contributed by atoms with Crippen molar-refractivity contribution >= 4 is 15.9 Å². The van der Waals surface area contributed by atoms with Crippen molar-refractivity contribution < 1.29 is 17.6 Å². The molecule has 6 nitrogen and oxygen atoms in total. The molecule has 128 valence electrons. The summed E-state index contributed by atoms with van der Waals surface area (Å²) in [6.07, 6.45) is 4.18. The number of pyridine rings is 1. The van der Waals surface area contributed by atoms with Crippen molar-refractivity contribution in [3.8, 4) is 0 Å². The molecule has 2 aromatic rings. The van der Waals surface area contributed by atoms with Gasteiger partial charge in [-0.3, -0.25) is 9.78 Å². The first kappa shape index (κ1) is 18.0. The third-order valence-corrected chi connectivity index (χ3v) is 3.94. The third kappa shape index (κ3) is 6.05. The van der Waals surface area contributed by atoms with E-state index in [0.717, 1.165) is 11.8 Å². The molecule has 1 aromatic carbocycles. The normalized spacial score (nSPS) is 12.6. The molecule has 1 amide bonds. The number of carbonyl (C=O) groups is 1. The van der Waals surface area contributed by atoms with Crippen molar-refractivity contribution in [3.05, 3.63) is 65.7 Å². The number of halogens is 1. The molecule has 1 unspecified atom stereocenters. The lowest BCUT2D eigenvalue weighted by Crippen LogP contribution is -2.33. The molecule has 0 saturated carbocycles. The summed E-state index contributed by atoms with van der Waals surface area (Å²) in [5, 5.41) is 2.71. The Morgan fingerprint density at radius 2 is 1.96 bits per heavy atom. The van der Waals surface area contributed by atoms with Gasteiger partial charge in [0.2, 0.25) is 15.9 Å². The molecule has 1 aromatic heterocycles. The monoisotopic (exact) mass is 351 g/mol. The molecular weight excluding hydrogens is 333 g/mol. The quantitative estimate of drug-likeness (QED) is 0.792. The minimum atomic E-state index is -3.53. The van der Waals surface area contributed by atoms with E-state index in [9.17, 15) is 17.6 Å². The molecule has 0 aliphatic carbocycles. The highest BCUT2D eigenvalue weighted by atomic mass is 32.2. The Morgan fingerprint density at radius 3 is 2.54 bits per heavy atom. The molecule has 0 saturated heterocycles. The van der Waals surface area contributed by atoms with Crippen molar-refractivity contribution in [1.82, 2.24) is 15.0 Å². The highest BCUT2D eigenvalue weighted by Crippen LogP contribution is 2.18. The molecule has 2 rings (SSSR count). The second-order valence-electron chi connectivity index (χ2n) is 5.34. The molecule has 0 fully saturated rings. The first-order chi connectivity index (χ1) is 11.3. The van der Waals surface area contributed by atoms with Crippen LogP contribution in [-0.4, -0.2) is 25.6 Å². The Labute approximate surface area is 140 Å². The SMILES string of the molecule is CS(=O)(=O)NC(CC(=O)NCc1cccnc1)c1ccc(F)cc1. The average molecular weight is 351 g/mol. The molecule has 0 spiro atoms. The van der Waals surface area contributed by atoms with Crippen LogP contribution in [0.4, 0.5) is 4.39 Å². The second kappa shape index (κ2) is 7.98. The fraction of sp³-hybridized carbons (Fsp3) is 0.250. The van der Waals surface area contributed by atoms with Gasteiger partial charge >= 0.3 is 0 Å². The minimum absolute atomic E-state index is 0.0982. The van der Waals surface area contributed by atoms with E-state index in [1.165, 1.54) is 24.3 Å². The van der Waals surface area contributed by atoms with Gasteiger partial charge in [0, 0.05) is 25.4 Å². The highest BCUT2D eigenvalue weighted by Gasteiger charge is 2.19. The zero-order chi connectivity index (χ0) is 17.6. The number of benzene rings is 1. The maximum atomic E-state index is 13.0. The van der Waals surface area contributed by atoms with Gasteiger partial charge in [0.25, 0.3) is 0 Å². The number of aromatic nitrogens is 1. The molecule has 0 aliphatic rings. The van der Waals surface area contributed by atoms with Crippen LogP contribution in [0.25, 0.3) is 0 Å². The van der Waals surface area contributed by atoms with Gasteiger partial charge in [-0.2, -0.15) is 0 Å². The van der Waals surface area contributed by atoms with Crippen LogP contribution in [0.15, 0.2) is 48.8 Å². The van der Waals surface area contributed by atoms with Crippen molar-refractivity contribution in [1.29, 1.82) is 0 Å².